The zero-order valence-corrected chi connectivity index (χ0v) is 18.1. The summed E-state index contributed by atoms with van der Waals surface area (Å²) in [4.78, 5) is 20.2. The average molecular weight is 425 g/mol. The van der Waals surface area contributed by atoms with E-state index in [-0.39, 0.29) is 18.0 Å². The second-order valence-corrected chi connectivity index (χ2v) is 7.91. The predicted octanol–water partition coefficient (Wildman–Crippen LogP) is 4.98. The number of ether oxygens (including phenoxy) is 1. The van der Waals surface area contributed by atoms with Crippen molar-refractivity contribution < 1.29 is 9.53 Å². The van der Waals surface area contributed by atoms with Crippen molar-refractivity contribution in [2.45, 2.75) is 25.4 Å². The number of fused-ring (bicyclic) bond motifs is 1. The molecule has 0 saturated heterocycles. The Hall–Kier alpha value is -3.93. The maximum absolute atomic E-state index is 13.9. The Bertz CT molecular complexity index is 1250. The molecule has 1 aliphatic rings. The van der Waals surface area contributed by atoms with Gasteiger partial charge in [0.05, 0.1) is 19.2 Å². The molecule has 0 fully saturated rings. The van der Waals surface area contributed by atoms with Gasteiger partial charge in [-0.25, -0.2) is 4.68 Å². The molecular weight excluding hydrogens is 400 g/mol. The van der Waals surface area contributed by atoms with E-state index in [4.69, 9.17) is 4.74 Å². The molecule has 0 saturated carbocycles. The van der Waals surface area contributed by atoms with Crippen LogP contribution in [0.5, 0.6) is 5.75 Å². The van der Waals surface area contributed by atoms with Gasteiger partial charge < -0.3 is 4.74 Å². The van der Waals surface area contributed by atoms with Gasteiger partial charge in [0.1, 0.15) is 12.1 Å². The third-order valence-electron chi connectivity index (χ3n) is 6.10. The van der Waals surface area contributed by atoms with Gasteiger partial charge in [-0.2, -0.15) is 10.1 Å². The van der Waals surface area contributed by atoms with E-state index in [9.17, 15) is 4.79 Å². The molecular formula is C26H24N4O2. The highest BCUT2D eigenvalue weighted by molar-refractivity contribution is 6.06. The van der Waals surface area contributed by atoms with E-state index in [0.29, 0.717) is 17.9 Å². The molecule has 1 amide bonds. The van der Waals surface area contributed by atoms with Crippen molar-refractivity contribution in [1.29, 1.82) is 0 Å². The predicted molar refractivity (Wildman–Crippen MR) is 123 cm³/mol. The number of aryl methyl sites for hydroxylation is 1. The average Bonchev–Trinajstić information content (AvgIpc) is 3.33. The largest absolute Gasteiger partial charge is 0.496 e. The molecule has 32 heavy (non-hydrogen) atoms. The zero-order chi connectivity index (χ0) is 22.1. The van der Waals surface area contributed by atoms with E-state index >= 15 is 0 Å². The minimum atomic E-state index is -0.199. The van der Waals surface area contributed by atoms with Crippen LogP contribution in [0.1, 0.15) is 45.6 Å². The second-order valence-electron chi connectivity index (χ2n) is 7.91. The summed E-state index contributed by atoms with van der Waals surface area (Å²) < 4.78 is 7.49. The van der Waals surface area contributed by atoms with Crippen LogP contribution in [-0.2, 0) is 0 Å². The van der Waals surface area contributed by atoms with E-state index in [0.717, 1.165) is 22.4 Å². The van der Waals surface area contributed by atoms with Gasteiger partial charge in [0.25, 0.3) is 5.91 Å². The van der Waals surface area contributed by atoms with E-state index in [2.05, 4.69) is 28.3 Å². The first kappa shape index (κ1) is 20.0. The van der Waals surface area contributed by atoms with Gasteiger partial charge in [-0.1, -0.05) is 66.7 Å². The molecule has 0 bridgehead atoms. The lowest BCUT2D eigenvalue weighted by molar-refractivity contribution is 0.0962. The Labute approximate surface area is 187 Å². The fourth-order valence-corrected chi connectivity index (χ4v) is 4.53. The van der Waals surface area contributed by atoms with Gasteiger partial charge in [0.15, 0.2) is 0 Å². The van der Waals surface area contributed by atoms with Crippen LogP contribution in [0.15, 0.2) is 85.2 Å². The summed E-state index contributed by atoms with van der Waals surface area (Å²) in [6.07, 6.45) is 2.17. The fourth-order valence-electron chi connectivity index (χ4n) is 4.53. The summed E-state index contributed by atoms with van der Waals surface area (Å²) in [5, 5.41) is 4.52. The van der Waals surface area contributed by atoms with Crippen LogP contribution in [0.25, 0.3) is 0 Å². The van der Waals surface area contributed by atoms with Crippen LogP contribution in [0.3, 0.4) is 0 Å². The van der Waals surface area contributed by atoms with Crippen LogP contribution < -0.4 is 9.64 Å². The second kappa shape index (κ2) is 8.30. The van der Waals surface area contributed by atoms with Crippen molar-refractivity contribution in [3.8, 4) is 5.75 Å². The van der Waals surface area contributed by atoms with Crippen LogP contribution >= 0.6 is 0 Å². The zero-order valence-electron chi connectivity index (χ0n) is 18.1. The first-order chi connectivity index (χ1) is 15.7. The van der Waals surface area contributed by atoms with E-state index in [1.807, 2.05) is 72.3 Å². The third-order valence-corrected chi connectivity index (χ3v) is 6.10. The highest BCUT2D eigenvalue weighted by Gasteiger charge is 2.40. The minimum absolute atomic E-state index is 0.0790. The molecule has 0 unspecified atom stereocenters. The van der Waals surface area contributed by atoms with Crippen molar-refractivity contribution in [3.05, 3.63) is 107 Å². The maximum Gasteiger partial charge on any atom is 0.261 e. The molecule has 4 aromatic rings. The lowest BCUT2D eigenvalue weighted by atomic mass is 9.91. The number of benzene rings is 3. The van der Waals surface area contributed by atoms with E-state index in [1.54, 1.807) is 12.0 Å². The number of amides is 1. The Morgan fingerprint density at radius 3 is 2.44 bits per heavy atom. The summed E-state index contributed by atoms with van der Waals surface area (Å²) in [5.74, 6) is 1.25. The number of para-hydroxylation sites is 1. The summed E-state index contributed by atoms with van der Waals surface area (Å²) in [6, 6.07) is 25.4. The van der Waals surface area contributed by atoms with Gasteiger partial charge in [0, 0.05) is 11.1 Å². The molecule has 2 atom stereocenters. The van der Waals surface area contributed by atoms with Gasteiger partial charge in [0.2, 0.25) is 5.95 Å². The first-order valence-electron chi connectivity index (χ1n) is 10.7. The van der Waals surface area contributed by atoms with Gasteiger partial charge in [-0.3, -0.25) is 9.69 Å². The Morgan fingerprint density at radius 1 is 0.938 bits per heavy atom. The molecule has 2 heterocycles. The molecule has 3 aromatic carbocycles. The monoisotopic (exact) mass is 424 g/mol. The highest BCUT2D eigenvalue weighted by Crippen LogP contribution is 2.44. The Morgan fingerprint density at radius 2 is 1.66 bits per heavy atom. The van der Waals surface area contributed by atoms with Crippen molar-refractivity contribution in [2.24, 2.45) is 0 Å². The van der Waals surface area contributed by atoms with Gasteiger partial charge in [-0.15, -0.1) is 0 Å². The quantitative estimate of drug-likeness (QED) is 0.464. The number of aromatic nitrogens is 3. The van der Waals surface area contributed by atoms with Gasteiger partial charge >= 0.3 is 0 Å². The van der Waals surface area contributed by atoms with Crippen molar-refractivity contribution in [3.63, 3.8) is 0 Å². The van der Waals surface area contributed by atoms with Crippen LogP contribution in [0.4, 0.5) is 5.95 Å². The lowest BCUT2D eigenvalue weighted by Gasteiger charge is -2.39. The number of nitrogens with zero attached hydrogens (tertiary/aromatic N) is 4. The Kier molecular flexibility index (Phi) is 5.19. The highest BCUT2D eigenvalue weighted by atomic mass is 16.5. The van der Waals surface area contributed by atoms with E-state index < -0.39 is 0 Å². The van der Waals surface area contributed by atoms with E-state index in [1.165, 1.54) is 6.33 Å². The molecule has 1 aromatic heterocycles. The van der Waals surface area contributed by atoms with Crippen LogP contribution in [0.2, 0.25) is 0 Å². The molecule has 1 aliphatic heterocycles. The fraction of sp³-hybridized carbons (Fsp3) is 0.192. The molecule has 160 valence electrons. The number of carbonyl (C=O) groups excluding carboxylic acids is 1. The number of methoxy groups -OCH3 is 1. The molecule has 0 radical (unpaired) electrons. The molecule has 5 rings (SSSR count). The normalized spacial score (nSPS) is 17.6. The smallest absolute Gasteiger partial charge is 0.261 e. The van der Waals surface area contributed by atoms with Crippen molar-refractivity contribution in [2.75, 3.05) is 12.0 Å². The number of rotatable bonds is 4. The summed E-state index contributed by atoms with van der Waals surface area (Å²) in [6.45, 7) is 1.96. The number of hydrogen-bond donors (Lipinski definition) is 0. The molecule has 0 N–H and O–H groups in total. The number of anilines is 1. The first-order valence-corrected chi connectivity index (χ1v) is 10.7. The van der Waals surface area contributed by atoms with Crippen molar-refractivity contribution >= 4 is 11.9 Å². The molecule has 6 heteroatoms. The summed E-state index contributed by atoms with van der Waals surface area (Å²) in [5.41, 5.74) is 3.68. The van der Waals surface area contributed by atoms with Crippen molar-refractivity contribution in [1.82, 2.24) is 14.8 Å². The molecule has 0 aliphatic carbocycles. The summed E-state index contributed by atoms with van der Waals surface area (Å²) in [7, 11) is 1.67. The maximum atomic E-state index is 13.9. The standard InChI is InChI=1S/C26H24N4O2/c1-18-10-6-7-13-20(18)25(31)29-22(19-11-4-3-5-12-19)16-23(30-26(29)27-17-28-30)21-14-8-9-15-24(21)32-2/h3-15,17,22-23H,16H2,1-2H3/t22-,23+/m1/s1. The summed E-state index contributed by atoms with van der Waals surface area (Å²) >= 11 is 0. The topological polar surface area (TPSA) is 60.2 Å². The van der Waals surface area contributed by atoms with Gasteiger partial charge in [-0.05, 0) is 36.6 Å². The third kappa shape index (κ3) is 3.34. The minimum Gasteiger partial charge on any atom is -0.496 e. The van der Waals surface area contributed by atoms with Crippen LogP contribution in [0, 0.1) is 6.92 Å². The molecule has 0 spiro atoms. The van der Waals surface area contributed by atoms with Crippen LogP contribution in [-0.4, -0.2) is 27.8 Å². The lowest BCUT2D eigenvalue weighted by Crippen LogP contribution is -2.43. The number of carbonyl (C=O) groups is 1. The number of hydrogen-bond acceptors (Lipinski definition) is 4. The molecule has 6 nitrogen and oxygen atoms in total. The Balaban J connectivity index is 1.68. The SMILES string of the molecule is COc1ccccc1[C@@H]1C[C@H](c2ccccc2)N(C(=O)c2ccccc2C)c2ncnn21.